The molecule has 0 radical (unpaired) electrons. The van der Waals surface area contributed by atoms with Gasteiger partial charge in [0.2, 0.25) is 0 Å². The van der Waals surface area contributed by atoms with Gasteiger partial charge in [-0.05, 0) is 43.0 Å². The Kier molecular flexibility index (Phi) is 4.95. The molecular weight excluding hydrogens is 297 g/mol. The zero-order chi connectivity index (χ0) is 14.9. The van der Waals surface area contributed by atoms with Crippen LogP contribution in [0.25, 0.3) is 0 Å². The van der Waals surface area contributed by atoms with Crippen molar-refractivity contribution < 1.29 is 9.90 Å². The molecule has 0 aromatic heterocycles. The zero-order valence-electron chi connectivity index (χ0n) is 11.6. The van der Waals surface area contributed by atoms with E-state index in [1.165, 1.54) is 0 Å². The Hall–Kier alpha value is -0.770. The number of carbonyl (C=O) groups is 1. The summed E-state index contributed by atoms with van der Waals surface area (Å²) in [4.78, 5) is 13.4. The molecule has 2 rings (SSSR count). The van der Waals surface area contributed by atoms with E-state index in [9.17, 15) is 9.90 Å². The van der Waals surface area contributed by atoms with Crippen molar-refractivity contribution in [2.45, 2.75) is 26.3 Å². The molecule has 110 valence electrons. The summed E-state index contributed by atoms with van der Waals surface area (Å²) in [5, 5.41) is 10.6. The second-order valence-corrected chi connectivity index (χ2v) is 6.52. The predicted octanol–water partition coefficient (Wildman–Crippen LogP) is 4.10. The van der Waals surface area contributed by atoms with E-state index in [4.69, 9.17) is 23.2 Å². The van der Waals surface area contributed by atoms with Gasteiger partial charge in [0, 0.05) is 29.2 Å². The van der Waals surface area contributed by atoms with Crippen LogP contribution in [-0.4, -0.2) is 29.1 Å². The van der Waals surface area contributed by atoms with Gasteiger partial charge in [0.15, 0.2) is 0 Å². The molecule has 1 fully saturated rings. The summed E-state index contributed by atoms with van der Waals surface area (Å²) in [5.41, 5.74) is 0.956. The first-order valence-corrected chi connectivity index (χ1v) is 7.56. The summed E-state index contributed by atoms with van der Waals surface area (Å²) >= 11 is 12.3. The fourth-order valence-corrected chi connectivity index (χ4v) is 3.38. The van der Waals surface area contributed by atoms with Crippen LogP contribution in [0.2, 0.25) is 10.0 Å². The number of likely N-dealkylation sites (tertiary alicyclic amines) is 1. The predicted molar refractivity (Wildman–Crippen MR) is 81.4 cm³/mol. The normalized spacial score (nSPS) is 25.4. The van der Waals surface area contributed by atoms with E-state index in [0.717, 1.165) is 18.5 Å². The number of carboxylic acid groups (broad SMARTS) is 1. The minimum atomic E-state index is -0.717. The number of rotatable bonds is 3. The summed E-state index contributed by atoms with van der Waals surface area (Å²) in [6, 6.07) is 5.48. The monoisotopic (exact) mass is 315 g/mol. The van der Waals surface area contributed by atoms with Crippen LogP contribution < -0.4 is 0 Å². The molecule has 3 nitrogen and oxygen atoms in total. The Morgan fingerprint density at radius 1 is 1.40 bits per heavy atom. The van der Waals surface area contributed by atoms with Gasteiger partial charge in [-0.15, -0.1) is 0 Å². The van der Waals surface area contributed by atoms with Gasteiger partial charge in [0.1, 0.15) is 0 Å². The average Bonchev–Trinajstić information content (AvgIpc) is 2.40. The van der Waals surface area contributed by atoms with Crippen molar-refractivity contribution in [1.82, 2.24) is 4.90 Å². The molecule has 3 unspecified atom stereocenters. The fourth-order valence-electron chi connectivity index (χ4n) is 2.92. The molecular formula is C15H19Cl2NO2. The van der Waals surface area contributed by atoms with Gasteiger partial charge in [0.25, 0.3) is 0 Å². The fraction of sp³-hybridized carbons (Fsp3) is 0.533. The molecule has 0 saturated carbocycles. The number of hydrogen-bond donors (Lipinski definition) is 1. The maximum Gasteiger partial charge on any atom is 0.307 e. The summed E-state index contributed by atoms with van der Waals surface area (Å²) in [5.74, 6) is -0.657. The van der Waals surface area contributed by atoms with E-state index in [0.29, 0.717) is 22.5 Å². The number of nitrogens with zero attached hydrogens (tertiary/aromatic N) is 1. The topological polar surface area (TPSA) is 40.5 Å². The van der Waals surface area contributed by atoms with Crippen LogP contribution in [-0.2, 0) is 4.79 Å². The van der Waals surface area contributed by atoms with Crippen molar-refractivity contribution in [1.29, 1.82) is 0 Å². The van der Waals surface area contributed by atoms with Crippen LogP contribution in [0.15, 0.2) is 18.2 Å². The third-order valence-corrected chi connectivity index (χ3v) is 4.57. The molecule has 0 aliphatic carbocycles. The van der Waals surface area contributed by atoms with Gasteiger partial charge in [-0.1, -0.05) is 30.1 Å². The molecule has 0 spiro atoms. The van der Waals surface area contributed by atoms with Gasteiger partial charge in [-0.2, -0.15) is 0 Å². The first-order valence-electron chi connectivity index (χ1n) is 6.80. The highest BCUT2D eigenvalue weighted by molar-refractivity contribution is 6.33. The Morgan fingerprint density at radius 3 is 2.75 bits per heavy atom. The van der Waals surface area contributed by atoms with Crippen LogP contribution in [0, 0.1) is 11.8 Å². The van der Waals surface area contributed by atoms with Gasteiger partial charge in [-0.3, -0.25) is 9.69 Å². The number of halogens is 2. The quantitative estimate of drug-likeness (QED) is 0.913. The minimum Gasteiger partial charge on any atom is -0.481 e. The second kappa shape index (κ2) is 6.33. The molecule has 0 amide bonds. The van der Waals surface area contributed by atoms with Gasteiger partial charge >= 0.3 is 5.97 Å². The lowest BCUT2D eigenvalue weighted by Gasteiger charge is -2.38. The van der Waals surface area contributed by atoms with Crippen LogP contribution in [0.4, 0.5) is 0 Å². The summed E-state index contributed by atoms with van der Waals surface area (Å²) in [6.07, 6.45) is 0.738. The number of benzene rings is 1. The molecule has 5 heteroatoms. The van der Waals surface area contributed by atoms with Crippen LogP contribution >= 0.6 is 23.2 Å². The second-order valence-electron chi connectivity index (χ2n) is 5.67. The molecule has 1 aromatic rings. The molecule has 1 saturated heterocycles. The van der Waals surface area contributed by atoms with Gasteiger partial charge in [-0.25, -0.2) is 0 Å². The maximum atomic E-state index is 11.3. The third-order valence-electron chi connectivity index (χ3n) is 3.99. The van der Waals surface area contributed by atoms with Crippen molar-refractivity contribution in [2.75, 3.05) is 13.1 Å². The van der Waals surface area contributed by atoms with Crippen LogP contribution in [0.1, 0.15) is 31.9 Å². The lowest BCUT2D eigenvalue weighted by atomic mass is 9.89. The number of carboxylic acids is 1. The highest BCUT2D eigenvalue weighted by atomic mass is 35.5. The summed E-state index contributed by atoms with van der Waals surface area (Å²) in [7, 11) is 0. The molecule has 20 heavy (non-hydrogen) atoms. The number of aliphatic carboxylic acids is 1. The molecule has 1 aliphatic rings. The first kappa shape index (κ1) is 15.6. The highest BCUT2D eigenvalue weighted by Crippen LogP contribution is 2.33. The Morgan fingerprint density at radius 2 is 2.10 bits per heavy atom. The van der Waals surface area contributed by atoms with E-state index in [-0.39, 0.29) is 12.0 Å². The molecule has 1 heterocycles. The van der Waals surface area contributed by atoms with E-state index in [1.54, 1.807) is 12.1 Å². The Balaban J connectivity index is 2.21. The number of piperidine rings is 1. The molecule has 1 aliphatic heterocycles. The summed E-state index contributed by atoms with van der Waals surface area (Å²) in [6.45, 7) is 5.58. The van der Waals surface area contributed by atoms with E-state index < -0.39 is 5.97 Å². The van der Waals surface area contributed by atoms with E-state index >= 15 is 0 Å². The third kappa shape index (κ3) is 3.46. The lowest BCUT2D eigenvalue weighted by Crippen LogP contribution is -2.43. The zero-order valence-corrected chi connectivity index (χ0v) is 13.2. The molecule has 1 N–H and O–H groups in total. The smallest absolute Gasteiger partial charge is 0.307 e. The largest absolute Gasteiger partial charge is 0.481 e. The van der Waals surface area contributed by atoms with Crippen molar-refractivity contribution >= 4 is 29.2 Å². The first-order chi connectivity index (χ1) is 9.38. The molecule has 3 atom stereocenters. The standard InChI is InChI=1S/C15H19Cl2NO2/c1-9-5-11(15(19)20)8-18(7-9)10(2)13-6-12(16)3-4-14(13)17/h3-4,6,9-11H,5,7-8H2,1-2H3,(H,19,20). The minimum absolute atomic E-state index is 0.0609. The van der Waals surface area contributed by atoms with E-state index in [1.807, 2.05) is 6.07 Å². The Bertz CT molecular complexity index is 507. The maximum absolute atomic E-state index is 11.3. The van der Waals surface area contributed by atoms with Gasteiger partial charge in [0.05, 0.1) is 5.92 Å². The SMILES string of the molecule is CC1CC(C(=O)O)CN(C(C)c2cc(Cl)ccc2Cl)C1. The average molecular weight is 316 g/mol. The van der Waals surface area contributed by atoms with Gasteiger partial charge < -0.3 is 5.11 Å². The van der Waals surface area contributed by atoms with Crippen molar-refractivity contribution in [3.8, 4) is 0 Å². The van der Waals surface area contributed by atoms with Crippen LogP contribution in [0.3, 0.4) is 0 Å². The Labute approximate surface area is 129 Å². The lowest BCUT2D eigenvalue weighted by molar-refractivity contribution is -0.144. The molecule has 1 aromatic carbocycles. The molecule has 0 bridgehead atoms. The van der Waals surface area contributed by atoms with Crippen molar-refractivity contribution in [3.63, 3.8) is 0 Å². The van der Waals surface area contributed by atoms with Crippen molar-refractivity contribution in [3.05, 3.63) is 33.8 Å². The highest BCUT2D eigenvalue weighted by Gasteiger charge is 2.32. The number of hydrogen-bond acceptors (Lipinski definition) is 2. The van der Waals surface area contributed by atoms with Crippen molar-refractivity contribution in [2.24, 2.45) is 11.8 Å². The van der Waals surface area contributed by atoms with E-state index in [2.05, 4.69) is 18.7 Å². The summed E-state index contributed by atoms with van der Waals surface area (Å²) < 4.78 is 0. The van der Waals surface area contributed by atoms with Crippen LogP contribution in [0.5, 0.6) is 0 Å².